The highest BCUT2D eigenvalue weighted by Crippen LogP contribution is 2.33. The second-order valence-electron chi connectivity index (χ2n) is 3.95. The maximum Gasteiger partial charge on any atom is 0.222 e. The molecule has 2 aromatic rings. The number of nitrogens with two attached hydrogens (primary N) is 1. The van der Waals surface area contributed by atoms with E-state index in [1.807, 2.05) is 44.5 Å². The Hall–Kier alpha value is -1.46. The van der Waals surface area contributed by atoms with Crippen LogP contribution in [0.5, 0.6) is 11.6 Å². The van der Waals surface area contributed by atoms with Crippen molar-refractivity contribution >= 4 is 11.8 Å². The van der Waals surface area contributed by atoms with Crippen molar-refractivity contribution in [2.45, 2.75) is 18.4 Å². The lowest BCUT2D eigenvalue weighted by atomic mass is 10.2. The first-order valence-electron chi connectivity index (χ1n) is 5.70. The topological polar surface area (TPSA) is 53.1 Å². The largest absolute Gasteiger partial charge is 0.438 e. The minimum absolute atomic E-state index is 0.427. The van der Waals surface area contributed by atoms with Gasteiger partial charge >= 0.3 is 0 Å². The van der Waals surface area contributed by atoms with Gasteiger partial charge in [-0.05, 0) is 25.3 Å². The number of hydrogen-bond donors (Lipinski definition) is 1. The predicted octanol–water partition coefficient (Wildman–Crippen LogP) is 2.70. The monoisotopic (exact) mass is 263 g/mol. The molecular formula is C13H17N3OS. The van der Waals surface area contributed by atoms with E-state index in [-0.39, 0.29) is 0 Å². The Balaban J connectivity index is 2.39. The number of hydrogen-bond acceptors (Lipinski definition) is 4. The Labute approximate surface area is 111 Å². The van der Waals surface area contributed by atoms with Crippen LogP contribution >= 0.6 is 11.8 Å². The molecule has 0 unspecified atom stereocenters. The van der Waals surface area contributed by atoms with Gasteiger partial charge in [0.1, 0.15) is 5.75 Å². The van der Waals surface area contributed by atoms with Gasteiger partial charge < -0.3 is 10.5 Å². The van der Waals surface area contributed by atoms with Crippen molar-refractivity contribution < 1.29 is 4.74 Å². The number of rotatable bonds is 4. The van der Waals surface area contributed by atoms with Crippen molar-refractivity contribution in [1.29, 1.82) is 0 Å². The molecule has 96 valence electrons. The van der Waals surface area contributed by atoms with E-state index in [1.54, 1.807) is 16.4 Å². The van der Waals surface area contributed by atoms with E-state index >= 15 is 0 Å². The molecule has 0 fully saturated rings. The van der Waals surface area contributed by atoms with Crippen LogP contribution in [0.4, 0.5) is 0 Å². The minimum Gasteiger partial charge on any atom is -0.438 e. The van der Waals surface area contributed by atoms with Crippen LogP contribution in [0.3, 0.4) is 0 Å². The lowest BCUT2D eigenvalue weighted by Crippen LogP contribution is -2.01. The number of thioether (sulfide) groups is 1. The van der Waals surface area contributed by atoms with Gasteiger partial charge in [-0.2, -0.15) is 5.10 Å². The van der Waals surface area contributed by atoms with E-state index in [4.69, 9.17) is 10.5 Å². The van der Waals surface area contributed by atoms with Gasteiger partial charge in [-0.1, -0.05) is 12.1 Å². The fourth-order valence-electron chi connectivity index (χ4n) is 1.85. The second-order valence-corrected chi connectivity index (χ2v) is 4.80. The highest BCUT2D eigenvalue weighted by Gasteiger charge is 2.15. The summed E-state index contributed by atoms with van der Waals surface area (Å²) >= 11 is 1.65. The molecule has 1 aromatic heterocycles. The van der Waals surface area contributed by atoms with Crippen LogP contribution in [-0.4, -0.2) is 16.0 Å². The Bertz CT molecular complexity index is 551. The van der Waals surface area contributed by atoms with E-state index in [1.165, 1.54) is 0 Å². The summed E-state index contributed by atoms with van der Waals surface area (Å²) in [5.74, 6) is 1.55. The maximum atomic E-state index is 5.97. The Kier molecular flexibility index (Phi) is 3.93. The SMILES string of the molecule is CSc1ccccc1Oc1c(CN)c(C)nn1C. The van der Waals surface area contributed by atoms with Gasteiger partial charge in [-0.25, -0.2) is 4.68 Å². The molecule has 4 nitrogen and oxygen atoms in total. The molecule has 1 aromatic carbocycles. The molecule has 5 heteroatoms. The van der Waals surface area contributed by atoms with Gasteiger partial charge in [0, 0.05) is 18.5 Å². The number of aryl methyl sites for hydroxylation is 2. The molecule has 0 saturated heterocycles. The normalized spacial score (nSPS) is 10.7. The summed E-state index contributed by atoms with van der Waals surface area (Å²) in [5, 5.41) is 4.34. The minimum atomic E-state index is 0.427. The highest BCUT2D eigenvalue weighted by atomic mass is 32.2. The first-order valence-corrected chi connectivity index (χ1v) is 6.93. The molecule has 0 spiro atoms. The lowest BCUT2D eigenvalue weighted by molar-refractivity contribution is 0.417. The molecule has 0 amide bonds. The molecule has 0 bridgehead atoms. The van der Waals surface area contributed by atoms with Gasteiger partial charge in [0.25, 0.3) is 0 Å². The zero-order valence-electron chi connectivity index (χ0n) is 10.8. The summed E-state index contributed by atoms with van der Waals surface area (Å²) < 4.78 is 7.70. The summed E-state index contributed by atoms with van der Waals surface area (Å²) in [5.41, 5.74) is 7.62. The number of aromatic nitrogens is 2. The summed E-state index contributed by atoms with van der Waals surface area (Å²) in [6, 6.07) is 7.94. The van der Waals surface area contributed by atoms with Crippen molar-refractivity contribution in [3.05, 3.63) is 35.5 Å². The molecule has 0 radical (unpaired) electrons. The number of nitrogens with zero attached hydrogens (tertiary/aromatic N) is 2. The molecule has 0 aliphatic carbocycles. The van der Waals surface area contributed by atoms with Crippen molar-refractivity contribution in [2.24, 2.45) is 12.8 Å². The summed E-state index contributed by atoms with van der Waals surface area (Å²) in [4.78, 5) is 1.10. The summed E-state index contributed by atoms with van der Waals surface area (Å²) in [6.45, 7) is 2.37. The highest BCUT2D eigenvalue weighted by molar-refractivity contribution is 7.98. The molecule has 18 heavy (non-hydrogen) atoms. The molecule has 0 atom stereocenters. The van der Waals surface area contributed by atoms with Gasteiger partial charge in [0.2, 0.25) is 5.88 Å². The van der Waals surface area contributed by atoms with E-state index in [0.29, 0.717) is 6.54 Å². The molecule has 2 rings (SSSR count). The average molecular weight is 263 g/mol. The third-order valence-electron chi connectivity index (χ3n) is 2.77. The number of ether oxygens (including phenoxy) is 1. The zero-order valence-corrected chi connectivity index (χ0v) is 11.6. The maximum absolute atomic E-state index is 5.97. The van der Waals surface area contributed by atoms with Crippen molar-refractivity contribution in [1.82, 2.24) is 9.78 Å². The van der Waals surface area contributed by atoms with Crippen LogP contribution in [0.1, 0.15) is 11.3 Å². The molecular weight excluding hydrogens is 246 g/mol. The van der Waals surface area contributed by atoms with Crippen LogP contribution in [0.25, 0.3) is 0 Å². The third kappa shape index (κ3) is 2.37. The van der Waals surface area contributed by atoms with E-state index in [9.17, 15) is 0 Å². The quantitative estimate of drug-likeness (QED) is 0.862. The fourth-order valence-corrected chi connectivity index (χ4v) is 2.38. The van der Waals surface area contributed by atoms with Crippen LogP contribution in [0.15, 0.2) is 29.2 Å². The van der Waals surface area contributed by atoms with E-state index < -0.39 is 0 Å². The number of para-hydroxylation sites is 1. The molecule has 0 saturated carbocycles. The smallest absolute Gasteiger partial charge is 0.222 e. The lowest BCUT2D eigenvalue weighted by Gasteiger charge is -2.10. The van der Waals surface area contributed by atoms with Gasteiger partial charge in [0.05, 0.1) is 11.3 Å². The predicted molar refractivity (Wildman–Crippen MR) is 74.1 cm³/mol. The van der Waals surface area contributed by atoms with Crippen LogP contribution < -0.4 is 10.5 Å². The molecule has 0 aliphatic rings. The Morgan fingerprint density at radius 1 is 1.39 bits per heavy atom. The van der Waals surface area contributed by atoms with Crippen LogP contribution in [0.2, 0.25) is 0 Å². The van der Waals surface area contributed by atoms with Crippen LogP contribution in [-0.2, 0) is 13.6 Å². The third-order valence-corrected chi connectivity index (χ3v) is 3.55. The van der Waals surface area contributed by atoms with Crippen molar-refractivity contribution in [3.8, 4) is 11.6 Å². The second kappa shape index (κ2) is 5.46. The van der Waals surface area contributed by atoms with Crippen molar-refractivity contribution in [3.63, 3.8) is 0 Å². The fraction of sp³-hybridized carbons (Fsp3) is 0.308. The van der Waals surface area contributed by atoms with E-state index in [2.05, 4.69) is 5.10 Å². The molecule has 2 N–H and O–H groups in total. The zero-order chi connectivity index (χ0) is 13.1. The standard InChI is InChI=1S/C13H17N3OS/c1-9-10(8-14)13(16(2)15-9)17-11-6-4-5-7-12(11)18-3/h4-7H,8,14H2,1-3H3. The molecule has 0 aliphatic heterocycles. The Morgan fingerprint density at radius 2 is 2.11 bits per heavy atom. The Morgan fingerprint density at radius 3 is 2.78 bits per heavy atom. The summed E-state index contributed by atoms with van der Waals surface area (Å²) in [6.07, 6.45) is 2.03. The first kappa shape index (κ1) is 13.0. The average Bonchev–Trinajstić information content (AvgIpc) is 2.64. The summed E-state index contributed by atoms with van der Waals surface area (Å²) in [7, 11) is 1.86. The van der Waals surface area contributed by atoms with Crippen LogP contribution in [0, 0.1) is 6.92 Å². The number of benzene rings is 1. The van der Waals surface area contributed by atoms with Gasteiger partial charge in [-0.15, -0.1) is 11.8 Å². The van der Waals surface area contributed by atoms with Crippen molar-refractivity contribution in [2.75, 3.05) is 6.26 Å². The van der Waals surface area contributed by atoms with Gasteiger partial charge in [-0.3, -0.25) is 0 Å². The van der Waals surface area contributed by atoms with Gasteiger partial charge in [0.15, 0.2) is 0 Å². The first-order chi connectivity index (χ1) is 8.67. The molecule has 1 heterocycles. The van der Waals surface area contributed by atoms with E-state index in [0.717, 1.165) is 27.8 Å².